The van der Waals surface area contributed by atoms with E-state index >= 15 is 0 Å². The molecule has 1 heteroatoms. The highest BCUT2D eigenvalue weighted by molar-refractivity contribution is 5.30. The quantitative estimate of drug-likeness (QED) is 0.669. The first-order valence-corrected chi connectivity index (χ1v) is 6.91. The lowest BCUT2D eigenvalue weighted by Crippen LogP contribution is -2.13. The summed E-state index contributed by atoms with van der Waals surface area (Å²) in [5.74, 6) is 2.84. The Balaban J connectivity index is 2.26. The van der Waals surface area contributed by atoms with Gasteiger partial charge < -0.3 is 5.11 Å². The number of hydrogen-bond acceptors (Lipinski definition) is 1. The van der Waals surface area contributed by atoms with Gasteiger partial charge >= 0.3 is 0 Å². The average molecular weight is 222 g/mol. The van der Waals surface area contributed by atoms with Gasteiger partial charge in [0.1, 0.15) is 0 Å². The summed E-state index contributed by atoms with van der Waals surface area (Å²) in [5, 5.41) is 10.2. The Morgan fingerprint density at radius 1 is 1.12 bits per heavy atom. The minimum Gasteiger partial charge on any atom is -0.389 e. The molecular formula is C15H26O. The fourth-order valence-electron chi connectivity index (χ4n) is 3.64. The molecule has 0 saturated carbocycles. The van der Waals surface area contributed by atoms with Crippen molar-refractivity contribution in [3.63, 3.8) is 0 Å². The van der Waals surface area contributed by atoms with Crippen molar-refractivity contribution in [2.45, 2.75) is 59.5 Å². The largest absolute Gasteiger partial charge is 0.389 e. The van der Waals surface area contributed by atoms with Gasteiger partial charge in [0.2, 0.25) is 0 Å². The molecule has 0 radical (unpaired) electrons. The first-order valence-electron chi connectivity index (χ1n) is 6.91. The Kier molecular flexibility index (Phi) is 3.44. The molecular weight excluding hydrogens is 196 g/mol. The van der Waals surface area contributed by atoms with Crippen LogP contribution in [0.5, 0.6) is 0 Å². The highest BCUT2D eigenvalue weighted by Gasteiger charge is 2.36. The predicted molar refractivity (Wildman–Crippen MR) is 68.2 cm³/mol. The van der Waals surface area contributed by atoms with Crippen LogP contribution in [0.25, 0.3) is 0 Å². The van der Waals surface area contributed by atoms with Crippen LogP contribution in [-0.4, -0.2) is 11.2 Å². The summed E-state index contributed by atoms with van der Waals surface area (Å²) < 4.78 is 0. The van der Waals surface area contributed by atoms with Gasteiger partial charge in [-0.2, -0.15) is 0 Å². The number of rotatable bonds is 1. The molecule has 92 valence electrons. The van der Waals surface area contributed by atoms with Crippen molar-refractivity contribution >= 4 is 0 Å². The van der Waals surface area contributed by atoms with Crippen molar-refractivity contribution in [2.24, 2.45) is 23.7 Å². The third-order valence-corrected chi connectivity index (χ3v) is 4.83. The molecule has 1 nitrogen and oxygen atoms in total. The van der Waals surface area contributed by atoms with E-state index < -0.39 is 0 Å². The van der Waals surface area contributed by atoms with E-state index in [0.29, 0.717) is 11.8 Å². The SMILES string of the molecule is CC(C)[C@@H]1CC[C@H](C)C2=C(C1)[C@@H](C)CC2O. The molecule has 4 atom stereocenters. The van der Waals surface area contributed by atoms with Crippen LogP contribution in [0.2, 0.25) is 0 Å². The van der Waals surface area contributed by atoms with Crippen molar-refractivity contribution in [1.82, 2.24) is 0 Å². The lowest BCUT2D eigenvalue weighted by molar-refractivity contribution is 0.188. The van der Waals surface area contributed by atoms with Gasteiger partial charge in [0.25, 0.3) is 0 Å². The van der Waals surface area contributed by atoms with Gasteiger partial charge in [-0.1, -0.05) is 33.3 Å². The van der Waals surface area contributed by atoms with Gasteiger partial charge in [0, 0.05) is 0 Å². The third kappa shape index (κ3) is 2.07. The molecule has 0 aliphatic heterocycles. The zero-order valence-electron chi connectivity index (χ0n) is 11.2. The van der Waals surface area contributed by atoms with E-state index in [-0.39, 0.29) is 6.10 Å². The summed E-state index contributed by atoms with van der Waals surface area (Å²) in [6, 6.07) is 0. The lowest BCUT2D eigenvalue weighted by atomic mass is 9.84. The van der Waals surface area contributed by atoms with E-state index in [1.807, 2.05) is 0 Å². The number of aliphatic hydroxyl groups excluding tert-OH is 1. The van der Waals surface area contributed by atoms with Crippen molar-refractivity contribution < 1.29 is 5.11 Å². The summed E-state index contributed by atoms with van der Waals surface area (Å²) >= 11 is 0. The van der Waals surface area contributed by atoms with Crippen molar-refractivity contribution in [3.8, 4) is 0 Å². The molecule has 2 aliphatic carbocycles. The van der Waals surface area contributed by atoms with Gasteiger partial charge in [-0.25, -0.2) is 0 Å². The highest BCUT2D eigenvalue weighted by Crippen LogP contribution is 2.45. The molecule has 0 saturated heterocycles. The average Bonchev–Trinajstić information content (AvgIpc) is 2.39. The minimum absolute atomic E-state index is 0.133. The number of hydrogen-bond donors (Lipinski definition) is 1. The molecule has 0 fully saturated rings. The summed E-state index contributed by atoms with van der Waals surface area (Å²) in [6.45, 7) is 9.29. The van der Waals surface area contributed by atoms with E-state index in [1.54, 1.807) is 5.57 Å². The fourth-order valence-corrected chi connectivity index (χ4v) is 3.64. The van der Waals surface area contributed by atoms with E-state index in [4.69, 9.17) is 0 Å². The summed E-state index contributed by atoms with van der Waals surface area (Å²) in [6.07, 6.45) is 4.69. The first kappa shape index (κ1) is 12.2. The van der Waals surface area contributed by atoms with Gasteiger partial charge in [0.05, 0.1) is 6.10 Å². The Morgan fingerprint density at radius 3 is 2.44 bits per heavy atom. The van der Waals surface area contributed by atoms with Crippen molar-refractivity contribution in [1.29, 1.82) is 0 Å². The molecule has 2 aliphatic rings. The molecule has 1 unspecified atom stereocenters. The molecule has 0 heterocycles. The summed E-state index contributed by atoms with van der Waals surface area (Å²) in [4.78, 5) is 0. The Morgan fingerprint density at radius 2 is 1.81 bits per heavy atom. The van der Waals surface area contributed by atoms with Crippen LogP contribution in [0.15, 0.2) is 11.1 Å². The Bertz CT molecular complexity index is 290. The van der Waals surface area contributed by atoms with Crippen LogP contribution in [0.1, 0.15) is 53.4 Å². The van der Waals surface area contributed by atoms with Crippen LogP contribution in [0.4, 0.5) is 0 Å². The second kappa shape index (κ2) is 4.52. The van der Waals surface area contributed by atoms with E-state index in [9.17, 15) is 5.11 Å². The van der Waals surface area contributed by atoms with Crippen molar-refractivity contribution in [3.05, 3.63) is 11.1 Å². The maximum Gasteiger partial charge on any atom is 0.0761 e. The molecule has 0 aromatic rings. The van der Waals surface area contributed by atoms with Crippen LogP contribution < -0.4 is 0 Å². The normalized spacial score (nSPS) is 40.1. The standard InChI is InChI=1S/C15H26O/c1-9(2)12-6-5-10(3)15-13(8-12)11(4)7-14(15)16/h9-12,14,16H,5-8H2,1-4H3/t10-,11-,12+,14?/m0/s1. The molecule has 2 rings (SSSR count). The number of allylic oxidation sites excluding steroid dienone is 1. The highest BCUT2D eigenvalue weighted by atomic mass is 16.3. The van der Waals surface area contributed by atoms with Gasteiger partial charge in [-0.05, 0) is 54.9 Å². The maximum atomic E-state index is 10.2. The smallest absolute Gasteiger partial charge is 0.0761 e. The summed E-state index contributed by atoms with van der Waals surface area (Å²) in [5.41, 5.74) is 3.02. The first-order chi connectivity index (χ1) is 7.50. The van der Waals surface area contributed by atoms with Crippen LogP contribution >= 0.6 is 0 Å². The van der Waals surface area contributed by atoms with Crippen molar-refractivity contribution in [2.75, 3.05) is 0 Å². The Hall–Kier alpha value is -0.300. The molecule has 16 heavy (non-hydrogen) atoms. The molecule has 0 aromatic carbocycles. The number of aliphatic hydroxyl groups is 1. The van der Waals surface area contributed by atoms with Crippen LogP contribution in [-0.2, 0) is 0 Å². The zero-order valence-corrected chi connectivity index (χ0v) is 11.2. The Labute approximate surface area is 99.9 Å². The van der Waals surface area contributed by atoms with E-state index in [1.165, 1.54) is 24.8 Å². The minimum atomic E-state index is -0.133. The second-order valence-corrected chi connectivity index (χ2v) is 6.32. The predicted octanol–water partition coefficient (Wildman–Crippen LogP) is 3.78. The molecule has 1 N–H and O–H groups in total. The van der Waals surface area contributed by atoms with Crippen LogP contribution in [0.3, 0.4) is 0 Å². The maximum absolute atomic E-state index is 10.2. The van der Waals surface area contributed by atoms with Gasteiger partial charge in [0.15, 0.2) is 0 Å². The third-order valence-electron chi connectivity index (χ3n) is 4.83. The topological polar surface area (TPSA) is 20.2 Å². The van der Waals surface area contributed by atoms with E-state index in [0.717, 1.165) is 18.3 Å². The van der Waals surface area contributed by atoms with Crippen LogP contribution in [0, 0.1) is 23.7 Å². The van der Waals surface area contributed by atoms with Gasteiger partial charge in [-0.15, -0.1) is 0 Å². The second-order valence-electron chi connectivity index (χ2n) is 6.32. The fraction of sp³-hybridized carbons (Fsp3) is 0.867. The van der Waals surface area contributed by atoms with E-state index in [2.05, 4.69) is 27.7 Å². The zero-order chi connectivity index (χ0) is 11.9. The monoisotopic (exact) mass is 222 g/mol. The molecule has 0 spiro atoms. The molecule has 0 aromatic heterocycles. The van der Waals surface area contributed by atoms with Gasteiger partial charge in [-0.3, -0.25) is 0 Å². The lowest BCUT2D eigenvalue weighted by Gasteiger charge is -2.21. The molecule has 0 bridgehead atoms. The molecule has 0 amide bonds. The summed E-state index contributed by atoms with van der Waals surface area (Å²) in [7, 11) is 0.